The lowest BCUT2D eigenvalue weighted by molar-refractivity contribution is -0.138. The number of anilines is 1. The van der Waals surface area contributed by atoms with Crippen molar-refractivity contribution in [2.24, 2.45) is 5.73 Å². The Hall–Kier alpha value is -2.64. The molecule has 1 aromatic heterocycles. The molecule has 1 amide bonds. The molecule has 0 radical (unpaired) electrons. The highest BCUT2D eigenvalue weighted by Gasteiger charge is 2.34. The monoisotopic (exact) mass is 324 g/mol. The van der Waals surface area contributed by atoms with Crippen molar-refractivity contribution in [3.63, 3.8) is 0 Å². The van der Waals surface area contributed by atoms with Gasteiger partial charge in [-0.25, -0.2) is 9.97 Å². The molecule has 0 aliphatic heterocycles. The van der Waals surface area contributed by atoms with Crippen LogP contribution in [0.3, 0.4) is 0 Å². The standard InChI is InChI=1S/C15H15F3N4O/c16-15(17,18)11-8-21-14(20)22-12(11)6-5-9-3-1-2-4-10(9)7-13(19)23/h1-4,8H,5-7H2,(H2,19,23)(H2,20,21,22). The number of carbonyl (C=O) groups excluding carboxylic acids is 1. The van der Waals surface area contributed by atoms with Gasteiger partial charge in [0, 0.05) is 6.20 Å². The first-order valence-corrected chi connectivity index (χ1v) is 6.81. The fourth-order valence-electron chi connectivity index (χ4n) is 2.27. The Bertz CT molecular complexity index is 716. The number of halogens is 3. The van der Waals surface area contributed by atoms with Gasteiger partial charge in [-0.05, 0) is 24.0 Å². The third-order valence-electron chi connectivity index (χ3n) is 3.31. The first-order valence-electron chi connectivity index (χ1n) is 6.81. The molecule has 0 spiro atoms. The van der Waals surface area contributed by atoms with Gasteiger partial charge in [-0.3, -0.25) is 4.79 Å². The van der Waals surface area contributed by atoms with Crippen molar-refractivity contribution >= 4 is 11.9 Å². The summed E-state index contributed by atoms with van der Waals surface area (Å²) in [6.45, 7) is 0. The van der Waals surface area contributed by atoms with E-state index in [9.17, 15) is 18.0 Å². The molecule has 8 heteroatoms. The molecule has 0 atom stereocenters. The zero-order valence-corrected chi connectivity index (χ0v) is 12.1. The van der Waals surface area contributed by atoms with Crippen LogP contribution in [0.5, 0.6) is 0 Å². The summed E-state index contributed by atoms with van der Waals surface area (Å²) in [5.74, 6) is -0.710. The van der Waals surface area contributed by atoms with E-state index in [1.165, 1.54) is 0 Å². The Kier molecular flexibility index (Phi) is 4.83. The predicted molar refractivity (Wildman–Crippen MR) is 78.2 cm³/mol. The quantitative estimate of drug-likeness (QED) is 0.878. The summed E-state index contributed by atoms with van der Waals surface area (Å²) < 4.78 is 38.9. The van der Waals surface area contributed by atoms with Crippen molar-refractivity contribution < 1.29 is 18.0 Å². The number of hydrogen-bond donors (Lipinski definition) is 2. The molecule has 0 bridgehead atoms. The van der Waals surface area contributed by atoms with Gasteiger partial charge in [0.2, 0.25) is 11.9 Å². The number of rotatable bonds is 5. The van der Waals surface area contributed by atoms with Crippen molar-refractivity contribution in [3.05, 3.63) is 52.8 Å². The van der Waals surface area contributed by atoms with E-state index in [-0.39, 0.29) is 30.9 Å². The molecule has 0 aliphatic rings. The maximum absolute atomic E-state index is 13.0. The number of aryl methyl sites for hydroxylation is 2. The lowest BCUT2D eigenvalue weighted by Gasteiger charge is -2.13. The maximum Gasteiger partial charge on any atom is 0.419 e. The highest BCUT2D eigenvalue weighted by molar-refractivity contribution is 5.77. The fourth-order valence-corrected chi connectivity index (χ4v) is 2.27. The molecule has 0 unspecified atom stereocenters. The van der Waals surface area contributed by atoms with Crippen LogP contribution in [0.2, 0.25) is 0 Å². The molecule has 122 valence electrons. The molecule has 1 heterocycles. The minimum absolute atomic E-state index is 0.0251. The second-order valence-corrected chi connectivity index (χ2v) is 5.00. The summed E-state index contributed by atoms with van der Waals surface area (Å²) in [4.78, 5) is 18.2. The van der Waals surface area contributed by atoms with Crippen LogP contribution in [0.25, 0.3) is 0 Å². The Balaban J connectivity index is 2.25. The summed E-state index contributed by atoms with van der Waals surface area (Å²) in [6.07, 6.45) is -3.52. The third kappa shape index (κ3) is 4.41. The topological polar surface area (TPSA) is 94.9 Å². The number of alkyl halides is 3. The van der Waals surface area contributed by atoms with Crippen LogP contribution in [0.15, 0.2) is 30.5 Å². The third-order valence-corrected chi connectivity index (χ3v) is 3.31. The number of nitrogens with zero attached hydrogens (tertiary/aromatic N) is 2. The average molecular weight is 324 g/mol. The number of carbonyl (C=O) groups is 1. The number of aromatic nitrogens is 2. The number of amides is 1. The number of nitrogens with two attached hydrogens (primary N) is 2. The van der Waals surface area contributed by atoms with E-state index in [1.54, 1.807) is 24.3 Å². The van der Waals surface area contributed by atoms with E-state index in [0.29, 0.717) is 11.8 Å². The molecule has 0 saturated heterocycles. The van der Waals surface area contributed by atoms with Crippen molar-refractivity contribution in [3.8, 4) is 0 Å². The highest BCUT2D eigenvalue weighted by Crippen LogP contribution is 2.31. The predicted octanol–water partition coefficient (Wildman–Crippen LogP) is 1.89. The zero-order valence-electron chi connectivity index (χ0n) is 12.1. The van der Waals surface area contributed by atoms with Crippen LogP contribution >= 0.6 is 0 Å². The molecule has 2 rings (SSSR count). The largest absolute Gasteiger partial charge is 0.419 e. The SMILES string of the molecule is NC(=O)Cc1ccccc1CCc1nc(N)ncc1C(F)(F)F. The number of nitrogen functional groups attached to an aromatic ring is 1. The minimum Gasteiger partial charge on any atom is -0.369 e. The van der Waals surface area contributed by atoms with Gasteiger partial charge >= 0.3 is 6.18 Å². The van der Waals surface area contributed by atoms with Gasteiger partial charge in [0.05, 0.1) is 17.7 Å². The van der Waals surface area contributed by atoms with E-state index in [4.69, 9.17) is 11.5 Å². The van der Waals surface area contributed by atoms with Crippen molar-refractivity contribution in [1.82, 2.24) is 9.97 Å². The van der Waals surface area contributed by atoms with Crippen LogP contribution in [-0.2, 0) is 30.2 Å². The van der Waals surface area contributed by atoms with E-state index < -0.39 is 17.6 Å². The van der Waals surface area contributed by atoms with E-state index in [0.717, 1.165) is 5.56 Å². The minimum atomic E-state index is -4.55. The summed E-state index contributed by atoms with van der Waals surface area (Å²) in [7, 11) is 0. The Morgan fingerprint density at radius 2 is 1.78 bits per heavy atom. The fraction of sp³-hybridized carbons (Fsp3) is 0.267. The van der Waals surface area contributed by atoms with E-state index in [2.05, 4.69) is 9.97 Å². The second-order valence-electron chi connectivity index (χ2n) is 5.00. The van der Waals surface area contributed by atoms with Gasteiger partial charge in [0.1, 0.15) is 0 Å². The number of benzene rings is 1. The van der Waals surface area contributed by atoms with Crippen LogP contribution in [-0.4, -0.2) is 15.9 Å². The first kappa shape index (κ1) is 16.7. The molecule has 4 N–H and O–H groups in total. The molecule has 0 aliphatic carbocycles. The Morgan fingerprint density at radius 3 is 2.39 bits per heavy atom. The Labute approximate surface area is 130 Å². The van der Waals surface area contributed by atoms with Crippen LogP contribution < -0.4 is 11.5 Å². The van der Waals surface area contributed by atoms with Crippen molar-refractivity contribution in [2.75, 3.05) is 5.73 Å². The first-order chi connectivity index (χ1) is 10.8. The second kappa shape index (κ2) is 6.64. The van der Waals surface area contributed by atoms with Crippen LogP contribution in [0.1, 0.15) is 22.4 Å². The lowest BCUT2D eigenvalue weighted by Crippen LogP contribution is -2.16. The molecular formula is C15H15F3N4O. The molecule has 0 saturated carbocycles. The van der Waals surface area contributed by atoms with Gasteiger partial charge in [0.15, 0.2) is 0 Å². The average Bonchev–Trinajstić information content (AvgIpc) is 2.44. The van der Waals surface area contributed by atoms with Gasteiger partial charge in [-0.2, -0.15) is 13.2 Å². The molecule has 5 nitrogen and oxygen atoms in total. The van der Waals surface area contributed by atoms with Gasteiger partial charge in [-0.15, -0.1) is 0 Å². The number of primary amides is 1. The molecule has 1 aromatic carbocycles. The van der Waals surface area contributed by atoms with Gasteiger partial charge < -0.3 is 11.5 Å². The van der Waals surface area contributed by atoms with Crippen molar-refractivity contribution in [1.29, 1.82) is 0 Å². The summed E-state index contributed by atoms with van der Waals surface area (Å²) >= 11 is 0. The maximum atomic E-state index is 13.0. The van der Waals surface area contributed by atoms with Crippen molar-refractivity contribution in [2.45, 2.75) is 25.4 Å². The smallest absolute Gasteiger partial charge is 0.369 e. The van der Waals surface area contributed by atoms with E-state index in [1.807, 2.05) is 0 Å². The summed E-state index contributed by atoms with van der Waals surface area (Å²) in [5, 5.41) is 0. The summed E-state index contributed by atoms with van der Waals surface area (Å²) in [5.41, 5.74) is 10.9. The molecule has 0 fully saturated rings. The van der Waals surface area contributed by atoms with Crippen LogP contribution in [0, 0.1) is 0 Å². The van der Waals surface area contributed by atoms with Gasteiger partial charge in [0.25, 0.3) is 0 Å². The summed E-state index contributed by atoms with van der Waals surface area (Å²) in [6, 6.07) is 6.96. The zero-order chi connectivity index (χ0) is 17.0. The molecular weight excluding hydrogens is 309 g/mol. The number of hydrogen-bond acceptors (Lipinski definition) is 4. The van der Waals surface area contributed by atoms with Gasteiger partial charge in [-0.1, -0.05) is 24.3 Å². The Morgan fingerprint density at radius 1 is 1.13 bits per heavy atom. The molecule has 2 aromatic rings. The lowest BCUT2D eigenvalue weighted by atomic mass is 9.98. The van der Waals surface area contributed by atoms with E-state index >= 15 is 0 Å². The van der Waals surface area contributed by atoms with Crippen LogP contribution in [0.4, 0.5) is 19.1 Å². The highest BCUT2D eigenvalue weighted by atomic mass is 19.4. The molecule has 23 heavy (non-hydrogen) atoms. The normalized spacial score (nSPS) is 11.4.